The Kier molecular flexibility index (Phi) is 8.61. The van der Waals surface area contributed by atoms with Crippen LogP contribution >= 0.6 is 0 Å². The number of esters is 3. The number of methoxy groups -OCH3 is 1. The summed E-state index contributed by atoms with van der Waals surface area (Å²) in [5, 5.41) is 59.6. The number of hydrogen-bond acceptors (Lipinski definition) is 12. The first-order valence-electron chi connectivity index (χ1n) is 11.2. The summed E-state index contributed by atoms with van der Waals surface area (Å²) in [7, 11) is 1.00. The Bertz CT molecular complexity index is 1270. The van der Waals surface area contributed by atoms with Crippen molar-refractivity contribution in [2.24, 2.45) is 0 Å². The lowest BCUT2D eigenvalue weighted by Crippen LogP contribution is -2.63. The molecule has 3 rings (SSSR count). The number of carbonyl (C=O) groups excluding carboxylic acids is 3. The van der Waals surface area contributed by atoms with E-state index < -0.39 is 53.3 Å². The van der Waals surface area contributed by atoms with Gasteiger partial charge in [0.05, 0.1) is 7.11 Å². The molecule has 2 aromatic rings. The van der Waals surface area contributed by atoms with Gasteiger partial charge >= 0.3 is 17.9 Å². The van der Waals surface area contributed by atoms with Crippen LogP contribution in [0, 0.1) is 0 Å². The smallest absolute Gasteiger partial charge is 0.341 e. The predicted octanol–water partition coefficient (Wildman–Crippen LogP) is 1.12. The minimum absolute atomic E-state index is 0.178. The molecule has 4 atom stereocenters. The minimum atomic E-state index is -2.43. The summed E-state index contributed by atoms with van der Waals surface area (Å²) >= 11 is 0. The van der Waals surface area contributed by atoms with Crippen LogP contribution in [0.15, 0.2) is 48.6 Å². The molecular weight excluding hydrogens is 504 g/mol. The third kappa shape index (κ3) is 6.41. The normalized spacial score (nSPS) is 23.3. The van der Waals surface area contributed by atoms with Gasteiger partial charge in [-0.1, -0.05) is 12.1 Å². The molecule has 38 heavy (non-hydrogen) atoms. The van der Waals surface area contributed by atoms with Crippen LogP contribution in [0.3, 0.4) is 0 Å². The number of carbonyl (C=O) groups is 3. The zero-order valence-corrected chi connectivity index (χ0v) is 20.1. The van der Waals surface area contributed by atoms with Crippen molar-refractivity contribution in [2.45, 2.75) is 36.8 Å². The largest absolute Gasteiger partial charge is 0.504 e. The van der Waals surface area contributed by atoms with Crippen LogP contribution in [0.5, 0.6) is 23.0 Å². The van der Waals surface area contributed by atoms with Gasteiger partial charge in [-0.2, -0.15) is 0 Å². The molecule has 2 aromatic carbocycles. The summed E-state index contributed by atoms with van der Waals surface area (Å²) in [6.07, 6.45) is -1.12. The van der Waals surface area contributed by atoms with Crippen molar-refractivity contribution in [1.82, 2.24) is 0 Å². The van der Waals surface area contributed by atoms with Gasteiger partial charge < -0.3 is 44.8 Å². The van der Waals surface area contributed by atoms with Gasteiger partial charge in [0.1, 0.15) is 12.2 Å². The van der Waals surface area contributed by atoms with Gasteiger partial charge in [0.15, 0.2) is 29.1 Å². The molecule has 1 aliphatic carbocycles. The van der Waals surface area contributed by atoms with Crippen molar-refractivity contribution < 1.29 is 59.2 Å². The van der Waals surface area contributed by atoms with E-state index in [1.165, 1.54) is 48.6 Å². The van der Waals surface area contributed by atoms with Crippen LogP contribution in [0.4, 0.5) is 0 Å². The Morgan fingerprint density at radius 3 is 1.82 bits per heavy atom. The van der Waals surface area contributed by atoms with Crippen molar-refractivity contribution in [3.63, 3.8) is 0 Å². The maximum absolute atomic E-state index is 12.5. The summed E-state index contributed by atoms with van der Waals surface area (Å²) in [5.41, 5.74) is -1.76. The number of hydrogen-bond donors (Lipinski definition) is 6. The molecule has 0 aromatic heterocycles. The van der Waals surface area contributed by atoms with E-state index in [1.54, 1.807) is 0 Å². The number of aliphatic hydroxyl groups excluding tert-OH is 1. The summed E-state index contributed by atoms with van der Waals surface area (Å²) < 4.78 is 15.0. The van der Waals surface area contributed by atoms with Gasteiger partial charge in [0.2, 0.25) is 5.60 Å². The lowest BCUT2D eigenvalue weighted by Gasteiger charge is -2.42. The highest BCUT2D eigenvalue weighted by Gasteiger charge is 2.57. The van der Waals surface area contributed by atoms with Crippen molar-refractivity contribution >= 4 is 30.1 Å². The Morgan fingerprint density at radius 2 is 1.34 bits per heavy atom. The van der Waals surface area contributed by atoms with E-state index in [1.807, 2.05) is 0 Å². The van der Waals surface area contributed by atoms with E-state index >= 15 is 0 Å². The van der Waals surface area contributed by atoms with Gasteiger partial charge in [-0.25, -0.2) is 14.4 Å². The maximum atomic E-state index is 12.5. The molecule has 1 saturated carbocycles. The van der Waals surface area contributed by atoms with Crippen LogP contribution in [0.25, 0.3) is 12.2 Å². The highest BCUT2D eigenvalue weighted by atomic mass is 16.6. The lowest BCUT2D eigenvalue weighted by molar-refractivity contribution is -0.221. The van der Waals surface area contributed by atoms with Gasteiger partial charge in [-0.3, -0.25) is 0 Å². The maximum Gasteiger partial charge on any atom is 0.341 e. The molecule has 1 fully saturated rings. The Balaban J connectivity index is 1.74. The molecule has 0 unspecified atom stereocenters. The predicted molar refractivity (Wildman–Crippen MR) is 130 cm³/mol. The number of aliphatic hydroxyl groups is 2. The molecule has 0 spiro atoms. The second-order valence-corrected chi connectivity index (χ2v) is 8.44. The van der Waals surface area contributed by atoms with E-state index in [2.05, 4.69) is 4.74 Å². The first-order chi connectivity index (χ1) is 17.9. The highest BCUT2D eigenvalue weighted by Crippen LogP contribution is 2.35. The molecule has 0 radical (unpaired) electrons. The Morgan fingerprint density at radius 1 is 0.842 bits per heavy atom. The number of benzene rings is 2. The first kappa shape index (κ1) is 28.0. The van der Waals surface area contributed by atoms with Crippen molar-refractivity contribution in [1.29, 1.82) is 0 Å². The minimum Gasteiger partial charge on any atom is -0.504 e. The fourth-order valence-corrected chi connectivity index (χ4v) is 3.81. The molecule has 0 aliphatic heterocycles. The number of phenols is 4. The third-order valence-corrected chi connectivity index (χ3v) is 5.84. The third-order valence-electron chi connectivity index (χ3n) is 5.84. The summed E-state index contributed by atoms with van der Waals surface area (Å²) in [5.74, 6) is -4.70. The fraction of sp³-hybridized carbons (Fsp3) is 0.269. The summed E-state index contributed by atoms with van der Waals surface area (Å²) in [4.78, 5) is 37.1. The molecular formula is C26H26O12. The average molecular weight is 530 g/mol. The Hall–Kier alpha value is -4.55. The van der Waals surface area contributed by atoms with E-state index in [0.29, 0.717) is 11.1 Å². The fourth-order valence-electron chi connectivity index (χ4n) is 3.81. The molecule has 202 valence electrons. The standard InChI is InChI=1S/C26H26O12/c1-36-25(34)26(35)11-10-20(37-21(31)8-4-14-2-6-16(27)18(29)12-14)23(33)24(26)38-22(32)9-5-15-3-7-17(28)19(30)13-15/h2-9,12-13,20,23-24,27-30,33,35H,10-11H2,1H3/b8-4+,9-5+/t20-,23+,24+,26-/m1/s1. The molecule has 6 N–H and O–H groups in total. The molecule has 0 saturated heterocycles. The van der Waals surface area contributed by atoms with E-state index in [9.17, 15) is 45.0 Å². The van der Waals surface area contributed by atoms with Crippen molar-refractivity contribution in [2.75, 3.05) is 7.11 Å². The highest BCUT2D eigenvalue weighted by molar-refractivity contribution is 5.89. The second-order valence-electron chi connectivity index (χ2n) is 8.44. The molecule has 1 aliphatic rings. The molecule has 0 heterocycles. The number of rotatable bonds is 7. The second kappa shape index (κ2) is 11.7. The van der Waals surface area contributed by atoms with Crippen LogP contribution < -0.4 is 0 Å². The van der Waals surface area contributed by atoms with Gasteiger partial charge in [0, 0.05) is 12.2 Å². The van der Waals surface area contributed by atoms with E-state index in [4.69, 9.17) is 9.47 Å². The van der Waals surface area contributed by atoms with Crippen LogP contribution in [-0.4, -0.2) is 79.6 Å². The molecule has 0 bridgehead atoms. The monoisotopic (exact) mass is 530 g/mol. The number of ether oxygens (including phenoxy) is 3. The van der Waals surface area contributed by atoms with Gasteiger partial charge in [-0.05, 0) is 60.4 Å². The zero-order valence-electron chi connectivity index (χ0n) is 20.1. The number of phenolic OH excluding ortho intramolecular Hbond substituents is 4. The SMILES string of the molecule is COC(=O)[C@@]1(O)CC[C@@H](OC(=O)/C=C/c2ccc(O)c(O)c2)[C@H](O)[C@@H]1OC(=O)/C=C/c1ccc(O)c(O)c1. The zero-order chi connectivity index (χ0) is 28.0. The molecule has 12 nitrogen and oxygen atoms in total. The first-order valence-corrected chi connectivity index (χ1v) is 11.2. The molecule has 12 heteroatoms. The summed E-state index contributed by atoms with van der Waals surface area (Å²) in [6.45, 7) is 0. The van der Waals surface area contributed by atoms with Crippen molar-refractivity contribution in [3.05, 3.63) is 59.7 Å². The van der Waals surface area contributed by atoms with Crippen molar-refractivity contribution in [3.8, 4) is 23.0 Å². The quantitative estimate of drug-likeness (QED) is 0.129. The van der Waals surface area contributed by atoms with Crippen LogP contribution in [-0.2, 0) is 28.6 Å². The van der Waals surface area contributed by atoms with E-state index in [-0.39, 0.29) is 24.3 Å². The lowest BCUT2D eigenvalue weighted by atomic mass is 9.78. The van der Waals surface area contributed by atoms with Crippen LogP contribution in [0.1, 0.15) is 24.0 Å². The van der Waals surface area contributed by atoms with Gasteiger partial charge in [-0.15, -0.1) is 0 Å². The average Bonchev–Trinajstić information content (AvgIpc) is 2.89. The number of aromatic hydroxyl groups is 4. The van der Waals surface area contributed by atoms with E-state index in [0.717, 1.165) is 19.3 Å². The molecule has 0 amide bonds. The Labute approximate surface area is 216 Å². The topological polar surface area (TPSA) is 200 Å². The van der Waals surface area contributed by atoms with Gasteiger partial charge in [0.25, 0.3) is 0 Å². The van der Waals surface area contributed by atoms with Crippen LogP contribution in [0.2, 0.25) is 0 Å². The summed E-state index contributed by atoms with van der Waals surface area (Å²) in [6, 6.07) is 7.60.